The highest BCUT2D eigenvalue weighted by Crippen LogP contribution is 2.21. The van der Waals surface area contributed by atoms with Crippen LogP contribution in [0.5, 0.6) is 5.75 Å². The van der Waals surface area contributed by atoms with Crippen LogP contribution in [0, 0.1) is 0 Å². The molecule has 6 heteroatoms. The molecule has 1 aliphatic rings. The van der Waals surface area contributed by atoms with Crippen molar-refractivity contribution >= 4 is 11.8 Å². The molecule has 1 aromatic rings. The van der Waals surface area contributed by atoms with Gasteiger partial charge in [0.05, 0.1) is 13.2 Å². The number of amides is 2. The molecule has 6 nitrogen and oxygen atoms in total. The number of rotatable bonds is 6. The molecule has 0 bridgehead atoms. The zero-order chi connectivity index (χ0) is 17.6. The first-order valence-electron chi connectivity index (χ1n) is 8.42. The maximum absolute atomic E-state index is 12.3. The topological polar surface area (TPSA) is 78.9 Å². The predicted molar refractivity (Wildman–Crippen MR) is 90.8 cm³/mol. The maximum Gasteiger partial charge on any atom is 0.253 e. The van der Waals surface area contributed by atoms with Crippen LogP contribution in [0.15, 0.2) is 24.3 Å². The number of hydrogen-bond acceptors (Lipinski definition) is 4. The van der Waals surface area contributed by atoms with Crippen LogP contribution in [-0.2, 0) is 16.0 Å². The van der Waals surface area contributed by atoms with E-state index in [1.54, 1.807) is 0 Å². The van der Waals surface area contributed by atoms with E-state index in [1.165, 1.54) is 11.8 Å². The van der Waals surface area contributed by atoms with E-state index in [0.717, 1.165) is 11.3 Å². The fourth-order valence-corrected chi connectivity index (χ4v) is 2.93. The van der Waals surface area contributed by atoms with E-state index in [4.69, 9.17) is 4.74 Å². The van der Waals surface area contributed by atoms with Gasteiger partial charge in [-0.3, -0.25) is 9.59 Å². The molecule has 2 N–H and O–H groups in total. The molecule has 24 heavy (non-hydrogen) atoms. The Kier molecular flexibility index (Phi) is 6.20. The Morgan fingerprint density at radius 1 is 1.42 bits per heavy atom. The Labute approximate surface area is 142 Å². The number of carbonyl (C=O) groups is 2. The molecule has 1 aliphatic heterocycles. The van der Waals surface area contributed by atoms with E-state index >= 15 is 0 Å². The first kappa shape index (κ1) is 18.3. The monoisotopic (exact) mass is 334 g/mol. The molecule has 0 unspecified atom stereocenters. The van der Waals surface area contributed by atoms with Crippen molar-refractivity contribution in [3.05, 3.63) is 29.8 Å². The van der Waals surface area contributed by atoms with E-state index < -0.39 is 11.5 Å². The number of benzene rings is 1. The van der Waals surface area contributed by atoms with E-state index in [0.29, 0.717) is 39.0 Å². The van der Waals surface area contributed by atoms with E-state index in [9.17, 15) is 14.7 Å². The summed E-state index contributed by atoms with van der Waals surface area (Å²) in [5.41, 5.74) is -0.431. The summed E-state index contributed by atoms with van der Waals surface area (Å²) in [4.78, 5) is 25.3. The molecule has 0 saturated carbocycles. The fourth-order valence-electron chi connectivity index (χ4n) is 2.93. The molecule has 1 aromatic carbocycles. The molecule has 2 amide bonds. The van der Waals surface area contributed by atoms with Gasteiger partial charge in [-0.2, -0.15) is 0 Å². The molecular formula is C18H26N2O4. The molecule has 132 valence electrons. The van der Waals surface area contributed by atoms with Gasteiger partial charge in [0.1, 0.15) is 5.75 Å². The number of piperidine rings is 1. The number of nitrogens with zero attached hydrogens (tertiary/aromatic N) is 1. The predicted octanol–water partition coefficient (Wildman–Crippen LogP) is 1.12. The van der Waals surface area contributed by atoms with Crippen LogP contribution in [0.1, 0.15) is 32.3 Å². The lowest BCUT2D eigenvalue weighted by molar-refractivity contribution is -0.150. The smallest absolute Gasteiger partial charge is 0.253 e. The molecule has 0 aliphatic carbocycles. The number of carbonyl (C=O) groups excluding carboxylic acids is 2. The molecule has 0 radical (unpaired) electrons. The van der Waals surface area contributed by atoms with E-state index in [-0.39, 0.29) is 12.5 Å². The number of ether oxygens (including phenoxy) is 1. The zero-order valence-corrected chi connectivity index (χ0v) is 14.4. The third kappa shape index (κ3) is 4.71. The lowest BCUT2D eigenvalue weighted by atomic mass is 9.91. The largest absolute Gasteiger partial charge is 0.494 e. The molecular weight excluding hydrogens is 308 g/mol. The summed E-state index contributed by atoms with van der Waals surface area (Å²) in [6.07, 6.45) is 1.65. The van der Waals surface area contributed by atoms with Crippen molar-refractivity contribution < 1.29 is 19.4 Å². The number of likely N-dealkylation sites (tertiary alicyclic amines) is 1. The highest BCUT2D eigenvalue weighted by molar-refractivity contribution is 5.86. The Bertz CT molecular complexity index is 590. The van der Waals surface area contributed by atoms with Crippen molar-refractivity contribution in [2.75, 3.05) is 26.2 Å². The van der Waals surface area contributed by atoms with Gasteiger partial charge in [-0.15, -0.1) is 0 Å². The summed E-state index contributed by atoms with van der Waals surface area (Å²) in [6, 6.07) is 7.73. The summed E-state index contributed by atoms with van der Waals surface area (Å²) in [6.45, 7) is 5.08. The van der Waals surface area contributed by atoms with Crippen molar-refractivity contribution in [3.63, 3.8) is 0 Å². The highest BCUT2D eigenvalue weighted by atomic mass is 16.5. The van der Waals surface area contributed by atoms with Crippen LogP contribution in [0.2, 0.25) is 0 Å². The molecule has 0 aromatic heterocycles. The van der Waals surface area contributed by atoms with Crippen LogP contribution < -0.4 is 10.1 Å². The van der Waals surface area contributed by atoms with Crippen molar-refractivity contribution in [2.45, 2.75) is 38.7 Å². The second-order valence-electron chi connectivity index (χ2n) is 6.16. The molecule has 0 spiro atoms. The van der Waals surface area contributed by atoms with Crippen molar-refractivity contribution in [2.24, 2.45) is 0 Å². The van der Waals surface area contributed by atoms with Gasteiger partial charge in [0.2, 0.25) is 5.91 Å². The number of β-amino-alcohol motifs (C(OH)–C–C–N with tert-alkyl or cyclic N) is 1. The Morgan fingerprint density at radius 3 is 2.92 bits per heavy atom. The third-order valence-corrected chi connectivity index (χ3v) is 4.25. The summed E-state index contributed by atoms with van der Waals surface area (Å²) in [5, 5.41) is 13.3. The van der Waals surface area contributed by atoms with E-state index in [1.807, 2.05) is 31.2 Å². The Hall–Kier alpha value is -2.08. The Morgan fingerprint density at radius 2 is 2.21 bits per heavy atom. The first-order chi connectivity index (χ1) is 11.4. The maximum atomic E-state index is 12.3. The minimum absolute atomic E-state index is 0.0635. The molecule has 1 fully saturated rings. The average Bonchev–Trinajstić information content (AvgIpc) is 2.55. The second-order valence-corrected chi connectivity index (χ2v) is 6.16. The molecule has 2 rings (SSSR count). The van der Waals surface area contributed by atoms with Gasteiger partial charge in [-0.05, 0) is 43.9 Å². The number of aliphatic hydroxyl groups is 1. The van der Waals surface area contributed by atoms with Crippen LogP contribution in [0.4, 0.5) is 0 Å². The molecule has 1 saturated heterocycles. The summed E-state index contributed by atoms with van der Waals surface area (Å²) < 4.78 is 5.45. The van der Waals surface area contributed by atoms with Gasteiger partial charge < -0.3 is 20.1 Å². The number of hydrogen-bond donors (Lipinski definition) is 2. The van der Waals surface area contributed by atoms with Crippen molar-refractivity contribution in [1.82, 2.24) is 10.2 Å². The average molecular weight is 334 g/mol. The Balaban J connectivity index is 1.86. The van der Waals surface area contributed by atoms with Crippen molar-refractivity contribution in [1.29, 1.82) is 0 Å². The lowest BCUT2D eigenvalue weighted by Crippen LogP contribution is -2.58. The van der Waals surface area contributed by atoms with Crippen molar-refractivity contribution in [3.8, 4) is 5.75 Å². The molecule has 1 atom stereocenters. The summed E-state index contributed by atoms with van der Waals surface area (Å²) in [7, 11) is 0. The first-order valence-corrected chi connectivity index (χ1v) is 8.42. The quantitative estimate of drug-likeness (QED) is 0.817. The summed E-state index contributed by atoms with van der Waals surface area (Å²) in [5.74, 6) is 0.285. The van der Waals surface area contributed by atoms with Gasteiger partial charge in [-0.1, -0.05) is 12.1 Å². The van der Waals surface area contributed by atoms with Gasteiger partial charge in [0, 0.05) is 20.0 Å². The fraction of sp³-hybridized carbons (Fsp3) is 0.556. The second kappa shape index (κ2) is 8.15. The van der Waals surface area contributed by atoms with Crippen LogP contribution in [-0.4, -0.2) is 53.7 Å². The zero-order valence-electron chi connectivity index (χ0n) is 14.4. The van der Waals surface area contributed by atoms with Gasteiger partial charge in [0.15, 0.2) is 5.60 Å². The lowest BCUT2D eigenvalue weighted by Gasteiger charge is -2.37. The van der Waals surface area contributed by atoms with Crippen LogP contribution in [0.25, 0.3) is 0 Å². The van der Waals surface area contributed by atoms with E-state index in [2.05, 4.69) is 5.32 Å². The normalized spacial score (nSPS) is 20.5. The standard InChI is InChI=1S/C18H26N2O4/c1-3-24-16-7-4-6-15(12-16)8-10-19-17(22)18(23)9-5-11-20(13-18)14(2)21/h4,6-7,12,23H,3,5,8-11,13H2,1-2H3,(H,19,22)/t18-/m0/s1. The number of nitrogens with one attached hydrogen (secondary N) is 1. The molecule has 1 heterocycles. The summed E-state index contributed by atoms with van der Waals surface area (Å²) >= 11 is 0. The van der Waals surface area contributed by atoms with Crippen LogP contribution >= 0.6 is 0 Å². The minimum Gasteiger partial charge on any atom is -0.494 e. The SMILES string of the molecule is CCOc1cccc(CCNC(=O)[C@]2(O)CCCN(C(C)=O)C2)c1. The van der Waals surface area contributed by atoms with Gasteiger partial charge in [-0.25, -0.2) is 0 Å². The van der Waals surface area contributed by atoms with Gasteiger partial charge in [0.25, 0.3) is 5.91 Å². The van der Waals surface area contributed by atoms with Gasteiger partial charge >= 0.3 is 0 Å². The van der Waals surface area contributed by atoms with Crippen LogP contribution in [0.3, 0.4) is 0 Å². The minimum atomic E-state index is -1.49. The highest BCUT2D eigenvalue weighted by Gasteiger charge is 2.40. The third-order valence-electron chi connectivity index (χ3n) is 4.25.